The number of ether oxygens (including phenoxy) is 4. The highest BCUT2D eigenvalue weighted by Crippen LogP contribution is 2.45. The standard InChI is InChI=1S/C22H11N4O5P/c23-12-28-16-6-17(29-13-24)9-21(8-16)32(27,20-4-2-1-3-5-20)22-10-18(30-14-25)7-19(11-22)31-15-26/h1-11H. The maximum Gasteiger partial charge on any atom is 0.292 e. The first kappa shape index (κ1) is 21.8. The van der Waals surface area contributed by atoms with Crippen LogP contribution in [0.3, 0.4) is 0 Å². The lowest BCUT2D eigenvalue weighted by Crippen LogP contribution is -2.25. The largest absolute Gasteiger partial charge is 0.388 e. The number of nitrogens with zero attached hydrogens (tertiary/aromatic N) is 4. The van der Waals surface area contributed by atoms with Gasteiger partial charge in [0.15, 0.2) is 7.14 Å². The highest BCUT2D eigenvalue weighted by molar-refractivity contribution is 7.85. The number of nitriles is 4. The van der Waals surface area contributed by atoms with Crippen LogP contribution in [-0.2, 0) is 4.57 Å². The molecule has 0 radical (unpaired) electrons. The summed E-state index contributed by atoms with van der Waals surface area (Å²) in [7, 11) is -3.74. The molecule has 0 aliphatic rings. The third-order valence-corrected chi connectivity index (χ3v) is 7.23. The van der Waals surface area contributed by atoms with E-state index in [0.717, 1.165) is 0 Å². The second-order valence-electron chi connectivity index (χ2n) is 6.04. The molecule has 0 N–H and O–H groups in total. The number of rotatable bonds is 7. The van der Waals surface area contributed by atoms with Crippen molar-refractivity contribution in [1.29, 1.82) is 21.0 Å². The summed E-state index contributed by atoms with van der Waals surface area (Å²) in [6.45, 7) is 0. The van der Waals surface area contributed by atoms with Crippen LogP contribution in [0.1, 0.15) is 0 Å². The molecular weight excluding hydrogens is 431 g/mol. The Morgan fingerprint density at radius 3 is 1.19 bits per heavy atom. The number of hydrogen-bond donors (Lipinski definition) is 0. The monoisotopic (exact) mass is 442 g/mol. The molecule has 0 aliphatic carbocycles. The van der Waals surface area contributed by atoms with Crippen LogP contribution in [0.4, 0.5) is 0 Å². The van der Waals surface area contributed by atoms with Gasteiger partial charge in [0, 0.05) is 28.0 Å². The molecule has 0 saturated carbocycles. The second-order valence-corrected chi connectivity index (χ2v) is 8.81. The van der Waals surface area contributed by atoms with Crippen LogP contribution < -0.4 is 34.9 Å². The Labute approximate surface area is 182 Å². The zero-order valence-electron chi connectivity index (χ0n) is 16.1. The fourth-order valence-corrected chi connectivity index (χ4v) is 5.73. The molecule has 0 heterocycles. The minimum absolute atomic E-state index is 0.00401. The molecule has 0 fully saturated rings. The van der Waals surface area contributed by atoms with Gasteiger partial charge in [0.2, 0.25) is 0 Å². The Bertz CT molecular complexity index is 1210. The molecule has 0 bridgehead atoms. The van der Waals surface area contributed by atoms with E-state index in [1.165, 1.54) is 61.4 Å². The van der Waals surface area contributed by atoms with Crippen molar-refractivity contribution in [3.8, 4) is 48.0 Å². The number of benzene rings is 3. The third-order valence-electron chi connectivity index (χ3n) is 4.23. The van der Waals surface area contributed by atoms with Gasteiger partial charge in [0.05, 0.1) is 0 Å². The maximum atomic E-state index is 14.7. The summed E-state index contributed by atoms with van der Waals surface area (Å²) in [6.07, 6.45) is 6.09. The van der Waals surface area contributed by atoms with Crippen molar-refractivity contribution >= 4 is 23.1 Å². The Morgan fingerprint density at radius 1 is 0.531 bits per heavy atom. The minimum atomic E-state index is -3.74. The zero-order chi connectivity index (χ0) is 23.0. The molecule has 3 aromatic carbocycles. The molecule has 32 heavy (non-hydrogen) atoms. The van der Waals surface area contributed by atoms with Crippen molar-refractivity contribution in [3.05, 3.63) is 66.7 Å². The van der Waals surface area contributed by atoms with E-state index < -0.39 is 7.14 Å². The van der Waals surface area contributed by atoms with Crippen molar-refractivity contribution in [2.75, 3.05) is 0 Å². The van der Waals surface area contributed by atoms with Gasteiger partial charge in [-0.25, -0.2) is 0 Å². The van der Waals surface area contributed by atoms with E-state index in [0.29, 0.717) is 5.30 Å². The van der Waals surface area contributed by atoms with Gasteiger partial charge >= 0.3 is 0 Å². The van der Waals surface area contributed by atoms with Crippen molar-refractivity contribution in [2.24, 2.45) is 0 Å². The van der Waals surface area contributed by atoms with E-state index in [4.69, 9.17) is 40.0 Å². The highest BCUT2D eigenvalue weighted by atomic mass is 31.2. The lowest BCUT2D eigenvalue weighted by molar-refractivity contribution is 0.484. The van der Waals surface area contributed by atoms with Gasteiger partial charge in [-0.3, -0.25) is 0 Å². The first-order valence-corrected chi connectivity index (χ1v) is 10.5. The predicted molar refractivity (Wildman–Crippen MR) is 111 cm³/mol. The van der Waals surface area contributed by atoms with Crippen molar-refractivity contribution in [3.63, 3.8) is 0 Å². The lowest BCUT2D eigenvalue weighted by atomic mass is 10.3. The molecule has 9 nitrogen and oxygen atoms in total. The summed E-state index contributed by atoms with van der Waals surface area (Å²) in [6, 6.07) is 16.5. The minimum Gasteiger partial charge on any atom is -0.388 e. The fourth-order valence-electron chi connectivity index (χ4n) is 3.01. The summed E-state index contributed by atoms with van der Waals surface area (Å²) in [5.74, 6) is 0.0161. The third kappa shape index (κ3) is 4.45. The average molecular weight is 442 g/mol. The predicted octanol–water partition coefficient (Wildman–Crippen LogP) is 2.77. The molecule has 0 amide bonds. The topological polar surface area (TPSA) is 149 Å². The summed E-state index contributed by atoms with van der Waals surface area (Å²) in [5.41, 5.74) is 0. The lowest BCUT2D eigenvalue weighted by Gasteiger charge is -2.21. The van der Waals surface area contributed by atoms with E-state index in [9.17, 15) is 4.57 Å². The summed E-state index contributed by atoms with van der Waals surface area (Å²) >= 11 is 0. The average Bonchev–Trinajstić information content (AvgIpc) is 2.80. The first-order chi connectivity index (χ1) is 15.5. The molecule has 0 unspecified atom stereocenters. The van der Waals surface area contributed by atoms with Crippen LogP contribution in [-0.4, -0.2) is 0 Å². The molecule has 0 spiro atoms. The maximum absolute atomic E-state index is 14.7. The normalized spacial score (nSPS) is 9.88. The van der Waals surface area contributed by atoms with Crippen molar-refractivity contribution < 1.29 is 23.5 Å². The molecule has 3 aromatic rings. The van der Waals surface area contributed by atoms with Gasteiger partial charge in [-0.15, -0.1) is 21.0 Å². The van der Waals surface area contributed by atoms with Crippen LogP contribution in [0.25, 0.3) is 0 Å². The van der Waals surface area contributed by atoms with Crippen LogP contribution in [0.15, 0.2) is 66.7 Å². The summed E-state index contributed by atoms with van der Waals surface area (Å²) in [5, 5.41) is 36.4. The summed E-state index contributed by atoms with van der Waals surface area (Å²) in [4.78, 5) is 0. The second kappa shape index (κ2) is 9.70. The molecule has 154 valence electrons. The van der Waals surface area contributed by atoms with Gasteiger partial charge in [-0.1, -0.05) is 30.3 Å². The van der Waals surface area contributed by atoms with Gasteiger partial charge < -0.3 is 23.5 Å². The van der Waals surface area contributed by atoms with Crippen LogP contribution in [0.5, 0.6) is 23.0 Å². The zero-order valence-corrected chi connectivity index (χ0v) is 17.0. The van der Waals surface area contributed by atoms with Gasteiger partial charge in [-0.05, 0) is 24.3 Å². The van der Waals surface area contributed by atoms with Crippen LogP contribution in [0.2, 0.25) is 0 Å². The van der Waals surface area contributed by atoms with E-state index in [1.54, 1.807) is 30.3 Å². The molecule has 0 aliphatic heterocycles. The van der Waals surface area contributed by atoms with Crippen LogP contribution >= 0.6 is 7.14 Å². The highest BCUT2D eigenvalue weighted by Gasteiger charge is 2.32. The Morgan fingerprint density at radius 2 is 0.875 bits per heavy atom. The Balaban J connectivity index is 2.36. The van der Waals surface area contributed by atoms with Crippen LogP contribution in [0, 0.1) is 46.1 Å². The van der Waals surface area contributed by atoms with Gasteiger partial charge in [0.25, 0.3) is 25.0 Å². The Kier molecular flexibility index (Phi) is 6.59. The first-order valence-electron chi connectivity index (χ1n) is 8.76. The number of hydrogen-bond acceptors (Lipinski definition) is 9. The van der Waals surface area contributed by atoms with E-state index in [1.807, 2.05) is 0 Å². The molecule has 3 rings (SSSR count). The quantitative estimate of drug-likeness (QED) is 0.397. The molecular formula is C22H11N4O5P. The van der Waals surface area contributed by atoms with Gasteiger partial charge in [-0.2, -0.15) is 0 Å². The van der Waals surface area contributed by atoms with E-state index >= 15 is 0 Å². The Hall–Kier alpha value is -4.95. The SMILES string of the molecule is N#COc1cc(OC#N)cc(P(=O)(c2ccccc2)c2cc(OC#N)cc(OC#N)c2)c1. The van der Waals surface area contributed by atoms with Gasteiger partial charge in [0.1, 0.15) is 23.0 Å². The molecule has 10 heteroatoms. The smallest absolute Gasteiger partial charge is 0.292 e. The van der Waals surface area contributed by atoms with E-state index in [-0.39, 0.29) is 33.6 Å². The fraction of sp³-hybridized carbons (Fsp3) is 0. The van der Waals surface area contributed by atoms with Crippen molar-refractivity contribution in [2.45, 2.75) is 0 Å². The van der Waals surface area contributed by atoms with E-state index in [2.05, 4.69) is 0 Å². The molecule has 0 aromatic heterocycles. The molecule has 0 atom stereocenters. The summed E-state index contributed by atoms with van der Waals surface area (Å²) < 4.78 is 34.2. The van der Waals surface area contributed by atoms with Crippen molar-refractivity contribution in [1.82, 2.24) is 0 Å². The molecule has 0 saturated heterocycles.